The minimum Gasteiger partial charge on any atom is -0.370 e. The third-order valence-corrected chi connectivity index (χ3v) is 5.16. The number of benzene rings is 2. The van der Waals surface area contributed by atoms with Gasteiger partial charge in [0.1, 0.15) is 17.8 Å². The van der Waals surface area contributed by atoms with Crippen LogP contribution in [0, 0.1) is 0 Å². The second-order valence-corrected chi connectivity index (χ2v) is 7.54. The standard InChI is InChI=1S/C24H24N6O2/c1-15(16-5-3-2-4-6-16)28-23-19-13-20(30-24(19)27-14-26-23)17-7-9-18(10-8-17)29-22(32)12-11-21(25)31/h2-10,13-15H,11-12H2,1H3,(H2,25,31)(H,29,32)(H2,26,27,28,30). The fourth-order valence-electron chi connectivity index (χ4n) is 3.43. The minimum atomic E-state index is -0.496. The summed E-state index contributed by atoms with van der Waals surface area (Å²) in [6.07, 6.45) is 1.63. The van der Waals surface area contributed by atoms with E-state index in [1.54, 1.807) is 0 Å². The molecule has 2 aromatic carbocycles. The lowest BCUT2D eigenvalue weighted by atomic mass is 10.1. The number of aromatic nitrogens is 3. The van der Waals surface area contributed by atoms with Crippen LogP contribution in [0.5, 0.6) is 0 Å². The predicted octanol–water partition coefficient (Wildman–Crippen LogP) is 4.00. The molecule has 0 fully saturated rings. The van der Waals surface area contributed by atoms with Gasteiger partial charge in [-0.3, -0.25) is 9.59 Å². The molecule has 0 radical (unpaired) electrons. The molecule has 0 saturated carbocycles. The fraction of sp³-hybridized carbons (Fsp3) is 0.167. The average molecular weight is 428 g/mol. The largest absolute Gasteiger partial charge is 0.370 e. The highest BCUT2D eigenvalue weighted by molar-refractivity contribution is 5.94. The molecule has 32 heavy (non-hydrogen) atoms. The Bertz CT molecular complexity index is 1230. The topological polar surface area (TPSA) is 126 Å². The van der Waals surface area contributed by atoms with Crippen molar-refractivity contribution in [3.8, 4) is 11.3 Å². The number of aromatic amines is 1. The zero-order valence-electron chi connectivity index (χ0n) is 17.6. The van der Waals surface area contributed by atoms with Crippen molar-refractivity contribution < 1.29 is 9.59 Å². The van der Waals surface area contributed by atoms with Gasteiger partial charge in [-0.15, -0.1) is 0 Å². The molecule has 0 bridgehead atoms. The van der Waals surface area contributed by atoms with Crippen LogP contribution in [0.25, 0.3) is 22.3 Å². The quantitative estimate of drug-likeness (QED) is 0.337. The van der Waals surface area contributed by atoms with E-state index in [1.165, 1.54) is 11.9 Å². The van der Waals surface area contributed by atoms with Crippen LogP contribution in [0.3, 0.4) is 0 Å². The molecule has 2 amide bonds. The number of nitrogens with two attached hydrogens (primary N) is 1. The second kappa shape index (κ2) is 9.30. The lowest BCUT2D eigenvalue weighted by molar-refractivity contribution is -0.122. The van der Waals surface area contributed by atoms with E-state index in [2.05, 4.69) is 44.6 Å². The van der Waals surface area contributed by atoms with Crippen LogP contribution in [0.15, 0.2) is 67.0 Å². The van der Waals surface area contributed by atoms with Crippen molar-refractivity contribution in [3.63, 3.8) is 0 Å². The molecule has 0 aliphatic carbocycles. The van der Waals surface area contributed by atoms with Crippen molar-refractivity contribution in [1.82, 2.24) is 15.0 Å². The van der Waals surface area contributed by atoms with E-state index in [4.69, 9.17) is 5.73 Å². The van der Waals surface area contributed by atoms with Crippen molar-refractivity contribution in [1.29, 1.82) is 0 Å². The maximum Gasteiger partial charge on any atom is 0.224 e. The van der Waals surface area contributed by atoms with E-state index in [0.717, 1.165) is 28.1 Å². The predicted molar refractivity (Wildman–Crippen MR) is 125 cm³/mol. The van der Waals surface area contributed by atoms with Crippen LogP contribution in [0.2, 0.25) is 0 Å². The molecule has 2 aromatic heterocycles. The van der Waals surface area contributed by atoms with E-state index >= 15 is 0 Å². The number of amides is 2. The van der Waals surface area contributed by atoms with E-state index in [0.29, 0.717) is 5.69 Å². The number of carbonyl (C=O) groups excluding carboxylic acids is 2. The van der Waals surface area contributed by atoms with Crippen LogP contribution in [-0.2, 0) is 9.59 Å². The highest BCUT2D eigenvalue weighted by Gasteiger charge is 2.13. The van der Waals surface area contributed by atoms with Crippen molar-refractivity contribution in [3.05, 3.63) is 72.6 Å². The first-order chi connectivity index (χ1) is 15.5. The van der Waals surface area contributed by atoms with Gasteiger partial charge in [-0.1, -0.05) is 42.5 Å². The third-order valence-electron chi connectivity index (χ3n) is 5.16. The van der Waals surface area contributed by atoms with E-state index in [-0.39, 0.29) is 24.8 Å². The molecule has 0 aliphatic heterocycles. The molecule has 162 valence electrons. The summed E-state index contributed by atoms with van der Waals surface area (Å²) in [5.74, 6) is 0.0114. The van der Waals surface area contributed by atoms with E-state index in [9.17, 15) is 9.59 Å². The number of fused-ring (bicyclic) bond motifs is 1. The number of H-pyrrole nitrogens is 1. The minimum absolute atomic E-state index is 0.0271. The van der Waals surface area contributed by atoms with Crippen molar-refractivity contribution >= 4 is 34.4 Å². The number of anilines is 2. The number of nitrogens with one attached hydrogen (secondary N) is 3. The van der Waals surface area contributed by atoms with Crippen molar-refractivity contribution in [2.75, 3.05) is 10.6 Å². The van der Waals surface area contributed by atoms with Gasteiger partial charge in [0.05, 0.1) is 5.39 Å². The van der Waals surface area contributed by atoms with Crippen LogP contribution >= 0.6 is 0 Å². The molecule has 1 unspecified atom stereocenters. The summed E-state index contributed by atoms with van der Waals surface area (Å²) in [5.41, 5.74) is 9.47. The number of hydrogen-bond acceptors (Lipinski definition) is 5. The highest BCUT2D eigenvalue weighted by atomic mass is 16.2. The molecule has 4 rings (SSSR count). The summed E-state index contributed by atoms with van der Waals surface area (Å²) in [6.45, 7) is 2.09. The summed E-state index contributed by atoms with van der Waals surface area (Å²) in [6, 6.07) is 19.7. The SMILES string of the molecule is CC(Nc1ncnc2[nH]c(-c3ccc(NC(=O)CCC(N)=O)cc3)cc12)c1ccccc1. The first kappa shape index (κ1) is 21.0. The number of primary amides is 1. The van der Waals surface area contributed by atoms with Gasteiger partial charge in [0.25, 0.3) is 0 Å². The molecule has 0 aliphatic rings. The van der Waals surface area contributed by atoms with Gasteiger partial charge in [0.15, 0.2) is 0 Å². The molecule has 8 nitrogen and oxygen atoms in total. The zero-order chi connectivity index (χ0) is 22.5. The smallest absolute Gasteiger partial charge is 0.224 e. The first-order valence-corrected chi connectivity index (χ1v) is 10.3. The number of hydrogen-bond donors (Lipinski definition) is 4. The summed E-state index contributed by atoms with van der Waals surface area (Å²) in [7, 11) is 0. The molecule has 2 heterocycles. The van der Waals surface area contributed by atoms with Crippen LogP contribution in [0.1, 0.15) is 31.4 Å². The Morgan fingerprint density at radius 3 is 2.50 bits per heavy atom. The van der Waals surface area contributed by atoms with Crippen molar-refractivity contribution in [2.45, 2.75) is 25.8 Å². The Kier molecular flexibility index (Phi) is 6.12. The van der Waals surface area contributed by atoms with Gasteiger partial charge in [0.2, 0.25) is 11.8 Å². The Labute approximate surface area is 185 Å². The third kappa shape index (κ3) is 4.92. The summed E-state index contributed by atoms with van der Waals surface area (Å²) in [5, 5.41) is 7.12. The van der Waals surface area contributed by atoms with Gasteiger partial charge < -0.3 is 21.4 Å². The van der Waals surface area contributed by atoms with Crippen LogP contribution in [-0.4, -0.2) is 26.8 Å². The lowest BCUT2D eigenvalue weighted by Gasteiger charge is -2.15. The van der Waals surface area contributed by atoms with Crippen LogP contribution in [0.4, 0.5) is 11.5 Å². The highest BCUT2D eigenvalue weighted by Crippen LogP contribution is 2.29. The maximum absolute atomic E-state index is 11.9. The normalized spacial score (nSPS) is 11.8. The maximum atomic E-state index is 11.9. The van der Waals surface area contributed by atoms with Gasteiger partial charge in [-0.25, -0.2) is 9.97 Å². The molecule has 1 atom stereocenters. The van der Waals surface area contributed by atoms with E-state index in [1.807, 2.05) is 48.5 Å². The second-order valence-electron chi connectivity index (χ2n) is 7.54. The summed E-state index contributed by atoms with van der Waals surface area (Å²) >= 11 is 0. The Balaban J connectivity index is 1.51. The zero-order valence-corrected chi connectivity index (χ0v) is 17.6. The van der Waals surface area contributed by atoms with Gasteiger partial charge in [-0.2, -0.15) is 0 Å². The Morgan fingerprint density at radius 2 is 1.78 bits per heavy atom. The average Bonchev–Trinajstić information content (AvgIpc) is 3.24. The molecule has 8 heteroatoms. The number of rotatable bonds is 8. The Hall–Kier alpha value is -4.20. The van der Waals surface area contributed by atoms with Crippen LogP contribution < -0.4 is 16.4 Å². The van der Waals surface area contributed by atoms with Gasteiger partial charge in [-0.05, 0) is 36.2 Å². The number of carbonyl (C=O) groups is 2. The summed E-state index contributed by atoms with van der Waals surface area (Å²) < 4.78 is 0. The Morgan fingerprint density at radius 1 is 1.03 bits per heavy atom. The van der Waals surface area contributed by atoms with Crippen molar-refractivity contribution in [2.24, 2.45) is 5.73 Å². The molecular formula is C24H24N6O2. The first-order valence-electron chi connectivity index (χ1n) is 10.3. The molecule has 5 N–H and O–H groups in total. The van der Waals surface area contributed by atoms with Gasteiger partial charge >= 0.3 is 0 Å². The summed E-state index contributed by atoms with van der Waals surface area (Å²) in [4.78, 5) is 34.8. The van der Waals surface area contributed by atoms with Gasteiger partial charge in [0, 0.05) is 30.3 Å². The molecule has 4 aromatic rings. The lowest BCUT2D eigenvalue weighted by Crippen LogP contribution is -2.17. The molecule has 0 spiro atoms. The van der Waals surface area contributed by atoms with E-state index < -0.39 is 5.91 Å². The number of nitrogens with zero attached hydrogens (tertiary/aromatic N) is 2. The fourth-order valence-corrected chi connectivity index (χ4v) is 3.43. The molecule has 0 saturated heterocycles. The molecular weight excluding hydrogens is 404 g/mol. The monoisotopic (exact) mass is 428 g/mol.